The minimum Gasteiger partial charge on any atom is -0.398 e. The number of carbonyl (C=O) groups is 1. The van der Waals surface area contributed by atoms with Crippen LogP contribution in [-0.4, -0.2) is 5.91 Å². The van der Waals surface area contributed by atoms with Gasteiger partial charge >= 0.3 is 0 Å². The smallest absolute Gasteiger partial charge is 0.261 e. The van der Waals surface area contributed by atoms with Crippen molar-refractivity contribution in [2.24, 2.45) is 0 Å². The highest BCUT2D eigenvalue weighted by Gasteiger charge is 2.15. The van der Waals surface area contributed by atoms with Crippen molar-refractivity contribution in [3.05, 3.63) is 52.2 Å². The summed E-state index contributed by atoms with van der Waals surface area (Å²) in [6, 6.07) is 11.5. The summed E-state index contributed by atoms with van der Waals surface area (Å²) in [6.07, 6.45) is 0. The number of fused-ring (bicyclic) bond motifs is 1. The average molecular weight is 302 g/mol. The second-order valence-corrected chi connectivity index (χ2v) is 6.62. The van der Waals surface area contributed by atoms with Crippen LogP contribution < -0.4 is 11.1 Å². The second-order valence-electron chi connectivity index (χ2n) is 4.58. The van der Waals surface area contributed by atoms with Crippen molar-refractivity contribution in [2.45, 2.75) is 13.0 Å². The molecule has 0 fully saturated rings. The van der Waals surface area contributed by atoms with Gasteiger partial charge in [0.05, 0.1) is 10.9 Å². The molecule has 0 aliphatic rings. The van der Waals surface area contributed by atoms with Crippen molar-refractivity contribution in [2.75, 3.05) is 5.73 Å². The van der Waals surface area contributed by atoms with E-state index in [4.69, 9.17) is 5.73 Å². The van der Waals surface area contributed by atoms with Crippen LogP contribution in [-0.2, 0) is 0 Å². The van der Waals surface area contributed by atoms with E-state index < -0.39 is 0 Å². The van der Waals surface area contributed by atoms with Crippen molar-refractivity contribution in [3.8, 4) is 0 Å². The minimum absolute atomic E-state index is 0.0471. The van der Waals surface area contributed by atoms with Crippen LogP contribution in [0.5, 0.6) is 0 Å². The fraction of sp³-hybridized carbons (Fsp3) is 0.133. The van der Waals surface area contributed by atoms with Gasteiger partial charge in [-0.2, -0.15) is 0 Å². The molecule has 102 valence electrons. The predicted octanol–water partition coefficient (Wildman–Crippen LogP) is 4.04. The number of hydrogen-bond acceptors (Lipinski definition) is 4. The Morgan fingerprint density at radius 3 is 2.80 bits per heavy atom. The van der Waals surface area contributed by atoms with E-state index in [2.05, 4.69) is 5.32 Å². The molecule has 0 saturated carbocycles. The fourth-order valence-corrected chi connectivity index (χ4v) is 4.14. The maximum Gasteiger partial charge on any atom is 0.261 e. The van der Waals surface area contributed by atoms with E-state index in [0.29, 0.717) is 5.69 Å². The van der Waals surface area contributed by atoms with Crippen molar-refractivity contribution < 1.29 is 4.79 Å². The highest BCUT2D eigenvalue weighted by atomic mass is 32.1. The summed E-state index contributed by atoms with van der Waals surface area (Å²) in [7, 11) is 0. The number of hydrogen-bond donors (Lipinski definition) is 2. The quantitative estimate of drug-likeness (QED) is 0.718. The van der Waals surface area contributed by atoms with Gasteiger partial charge in [0.25, 0.3) is 5.91 Å². The number of nitrogens with one attached hydrogen (secondary N) is 1. The molecule has 1 aromatic carbocycles. The van der Waals surface area contributed by atoms with Gasteiger partial charge in [-0.05, 0) is 36.1 Å². The first-order valence-corrected chi connectivity index (χ1v) is 7.97. The Labute approximate surface area is 125 Å². The summed E-state index contributed by atoms with van der Waals surface area (Å²) in [5.41, 5.74) is 7.58. The van der Waals surface area contributed by atoms with E-state index in [1.165, 1.54) is 11.3 Å². The molecule has 0 spiro atoms. The van der Waals surface area contributed by atoms with Gasteiger partial charge < -0.3 is 11.1 Å². The Morgan fingerprint density at radius 1 is 1.25 bits per heavy atom. The Kier molecular flexibility index (Phi) is 3.46. The average Bonchev–Trinajstić information content (AvgIpc) is 2.99. The van der Waals surface area contributed by atoms with Gasteiger partial charge in [-0.25, -0.2) is 0 Å². The van der Waals surface area contributed by atoms with Crippen LogP contribution in [0.4, 0.5) is 5.69 Å². The summed E-state index contributed by atoms with van der Waals surface area (Å²) >= 11 is 3.17. The van der Waals surface area contributed by atoms with Gasteiger partial charge in [-0.1, -0.05) is 18.2 Å². The first-order chi connectivity index (χ1) is 9.65. The Hall–Kier alpha value is -1.85. The largest absolute Gasteiger partial charge is 0.398 e. The maximum atomic E-state index is 12.3. The number of rotatable bonds is 3. The number of nitrogen functional groups attached to an aromatic ring is 1. The van der Waals surface area contributed by atoms with E-state index in [0.717, 1.165) is 19.8 Å². The molecular formula is C15H14N2OS2. The fourth-order valence-electron chi connectivity index (χ4n) is 2.13. The number of anilines is 1. The zero-order valence-electron chi connectivity index (χ0n) is 10.9. The van der Waals surface area contributed by atoms with Crippen molar-refractivity contribution >= 4 is 43.7 Å². The predicted molar refractivity (Wildman–Crippen MR) is 86.4 cm³/mol. The molecular weight excluding hydrogens is 288 g/mol. The van der Waals surface area contributed by atoms with E-state index in [-0.39, 0.29) is 11.9 Å². The van der Waals surface area contributed by atoms with Crippen LogP contribution in [0, 0.1) is 0 Å². The van der Waals surface area contributed by atoms with E-state index >= 15 is 0 Å². The molecule has 0 aliphatic heterocycles. The molecule has 20 heavy (non-hydrogen) atoms. The molecule has 2 heterocycles. The lowest BCUT2D eigenvalue weighted by molar-refractivity contribution is 0.0944. The molecule has 0 aliphatic carbocycles. The highest BCUT2D eigenvalue weighted by Crippen LogP contribution is 2.30. The van der Waals surface area contributed by atoms with Gasteiger partial charge in [0, 0.05) is 15.1 Å². The molecule has 1 unspecified atom stereocenters. The van der Waals surface area contributed by atoms with E-state index in [1.807, 2.05) is 48.7 Å². The summed E-state index contributed by atoms with van der Waals surface area (Å²) in [6.45, 7) is 1.94. The van der Waals surface area contributed by atoms with Crippen LogP contribution in [0.15, 0.2) is 41.8 Å². The van der Waals surface area contributed by atoms with Crippen molar-refractivity contribution in [3.63, 3.8) is 0 Å². The first kappa shape index (κ1) is 13.1. The number of para-hydroxylation sites is 1. The molecule has 2 aromatic heterocycles. The third kappa shape index (κ3) is 2.42. The van der Waals surface area contributed by atoms with Gasteiger partial charge in [-0.15, -0.1) is 22.7 Å². The molecule has 1 amide bonds. The van der Waals surface area contributed by atoms with E-state index in [9.17, 15) is 4.79 Å². The molecule has 0 bridgehead atoms. The summed E-state index contributed by atoms with van der Waals surface area (Å²) < 4.78 is 2.32. The molecule has 0 radical (unpaired) electrons. The number of nitrogens with two attached hydrogens (primary N) is 1. The summed E-state index contributed by atoms with van der Waals surface area (Å²) in [5, 5.41) is 5.04. The lowest BCUT2D eigenvalue weighted by Gasteiger charge is -2.15. The van der Waals surface area contributed by atoms with Crippen LogP contribution in [0.2, 0.25) is 0 Å². The molecule has 3 N–H and O–H groups in total. The lowest BCUT2D eigenvalue weighted by Crippen LogP contribution is -2.26. The summed E-state index contributed by atoms with van der Waals surface area (Å²) in [4.78, 5) is 13.0. The van der Waals surface area contributed by atoms with Gasteiger partial charge in [0.15, 0.2) is 0 Å². The van der Waals surface area contributed by atoms with Crippen LogP contribution in [0.25, 0.3) is 9.40 Å². The monoisotopic (exact) mass is 302 g/mol. The number of carbonyl (C=O) groups excluding carboxylic acids is 1. The van der Waals surface area contributed by atoms with Gasteiger partial charge in [-0.3, -0.25) is 4.79 Å². The van der Waals surface area contributed by atoms with Crippen LogP contribution >= 0.6 is 22.7 Å². The molecule has 1 atom stereocenters. The van der Waals surface area contributed by atoms with Gasteiger partial charge in [0.1, 0.15) is 0 Å². The third-order valence-electron chi connectivity index (χ3n) is 3.17. The Bertz CT molecular complexity index is 731. The Balaban J connectivity index is 1.79. The normalized spacial score (nSPS) is 12.4. The summed E-state index contributed by atoms with van der Waals surface area (Å²) in [5.74, 6) is -0.0471. The zero-order chi connectivity index (χ0) is 14.1. The first-order valence-electron chi connectivity index (χ1n) is 6.27. The topological polar surface area (TPSA) is 55.1 Å². The van der Waals surface area contributed by atoms with E-state index in [1.54, 1.807) is 11.3 Å². The van der Waals surface area contributed by atoms with Crippen LogP contribution in [0.1, 0.15) is 28.2 Å². The molecule has 3 rings (SSSR count). The Morgan fingerprint density at radius 2 is 2.05 bits per heavy atom. The standard InChI is InChI=1S/C15H14N2OS2/c1-9(10-4-2-3-5-11(10)16)17-15(18)14-8-13-12(20-14)6-7-19-13/h2-9H,16H2,1H3,(H,17,18). The number of amides is 1. The van der Waals surface area contributed by atoms with Gasteiger partial charge in [0.2, 0.25) is 0 Å². The molecule has 0 saturated heterocycles. The second kappa shape index (κ2) is 5.26. The van der Waals surface area contributed by atoms with Crippen molar-refractivity contribution in [1.82, 2.24) is 5.32 Å². The SMILES string of the molecule is CC(NC(=O)c1cc2sccc2s1)c1ccccc1N. The number of benzene rings is 1. The third-order valence-corrected chi connectivity index (χ3v) is 5.27. The zero-order valence-corrected chi connectivity index (χ0v) is 12.6. The van der Waals surface area contributed by atoms with Crippen LogP contribution in [0.3, 0.4) is 0 Å². The minimum atomic E-state index is -0.108. The number of thiophene rings is 2. The van der Waals surface area contributed by atoms with Crippen molar-refractivity contribution in [1.29, 1.82) is 0 Å². The molecule has 3 aromatic rings. The molecule has 3 nitrogen and oxygen atoms in total. The lowest BCUT2D eigenvalue weighted by atomic mass is 10.1. The molecule has 5 heteroatoms. The highest BCUT2D eigenvalue weighted by molar-refractivity contribution is 7.27. The maximum absolute atomic E-state index is 12.3.